The molecule has 102 valence electrons. The smallest absolute Gasteiger partial charge is 0.141 e. The highest BCUT2D eigenvalue weighted by Crippen LogP contribution is 2.36. The molecule has 0 atom stereocenters. The number of nitrogens with zero attached hydrogens (tertiary/aromatic N) is 3. The summed E-state index contributed by atoms with van der Waals surface area (Å²) >= 11 is 0. The van der Waals surface area contributed by atoms with Gasteiger partial charge in [0.2, 0.25) is 0 Å². The number of aromatic nitrogens is 2. The van der Waals surface area contributed by atoms with Crippen molar-refractivity contribution >= 4 is 11.5 Å². The van der Waals surface area contributed by atoms with E-state index in [0.717, 1.165) is 44.1 Å². The third kappa shape index (κ3) is 1.79. The molecule has 0 saturated heterocycles. The minimum Gasteiger partial charge on any atom is -0.325 e. The maximum absolute atomic E-state index is 4.74. The molecule has 4 nitrogen and oxygen atoms in total. The number of benzene rings is 1. The third-order valence-electron chi connectivity index (χ3n) is 4.17. The van der Waals surface area contributed by atoms with Gasteiger partial charge >= 0.3 is 0 Å². The van der Waals surface area contributed by atoms with Crippen molar-refractivity contribution in [3.8, 4) is 0 Å². The highest BCUT2D eigenvalue weighted by atomic mass is 15.2. The van der Waals surface area contributed by atoms with Crippen LogP contribution in [-0.2, 0) is 19.4 Å². The number of hydrogen-bond donors (Lipinski definition) is 1. The predicted octanol–water partition coefficient (Wildman–Crippen LogP) is 2.12. The first-order valence-electron chi connectivity index (χ1n) is 7.25. The molecule has 0 unspecified atom stereocenters. The van der Waals surface area contributed by atoms with Crippen LogP contribution in [0.2, 0.25) is 0 Å². The minimum atomic E-state index is 0.879. The molecule has 2 aliphatic rings. The Morgan fingerprint density at radius 3 is 3.00 bits per heavy atom. The summed E-state index contributed by atoms with van der Waals surface area (Å²) in [5.74, 6) is 1.98. The zero-order chi connectivity index (χ0) is 13.5. The second kappa shape index (κ2) is 4.56. The Morgan fingerprint density at radius 2 is 2.05 bits per heavy atom. The SMILES string of the molecule is Cc1nc2c(c(N3CCc4ccccc43)n1)CNCC2. The topological polar surface area (TPSA) is 41.1 Å². The van der Waals surface area contributed by atoms with Crippen molar-refractivity contribution in [2.75, 3.05) is 18.0 Å². The molecule has 2 aromatic rings. The molecule has 2 aliphatic heterocycles. The quantitative estimate of drug-likeness (QED) is 0.858. The zero-order valence-electron chi connectivity index (χ0n) is 11.7. The zero-order valence-corrected chi connectivity index (χ0v) is 11.7. The maximum Gasteiger partial charge on any atom is 0.141 e. The van der Waals surface area contributed by atoms with Gasteiger partial charge in [0, 0.05) is 37.3 Å². The van der Waals surface area contributed by atoms with Crippen molar-refractivity contribution in [1.82, 2.24) is 15.3 Å². The highest BCUT2D eigenvalue weighted by Gasteiger charge is 2.26. The first-order valence-corrected chi connectivity index (χ1v) is 7.25. The van der Waals surface area contributed by atoms with Crippen molar-refractivity contribution in [3.05, 3.63) is 46.9 Å². The molecule has 20 heavy (non-hydrogen) atoms. The number of hydrogen-bond acceptors (Lipinski definition) is 4. The normalized spacial score (nSPS) is 16.9. The number of rotatable bonds is 1. The van der Waals surface area contributed by atoms with Gasteiger partial charge in [-0.3, -0.25) is 0 Å². The lowest BCUT2D eigenvalue weighted by molar-refractivity contribution is 0.622. The molecule has 1 aromatic carbocycles. The standard InChI is InChI=1S/C16H18N4/c1-11-18-14-6-8-17-10-13(14)16(19-11)20-9-7-12-4-2-3-5-15(12)20/h2-5,17H,6-10H2,1H3. The Morgan fingerprint density at radius 1 is 1.15 bits per heavy atom. The van der Waals surface area contributed by atoms with E-state index in [2.05, 4.69) is 39.5 Å². The van der Waals surface area contributed by atoms with Gasteiger partial charge in [-0.05, 0) is 25.0 Å². The Bertz CT molecular complexity index is 666. The van der Waals surface area contributed by atoms with Crippen molar-refractivity contribution in [2.45, 2.75) is 26.3 Å². The van der Waals surface area contributed by atoms with E-state index >= 15 is 0 Å². The molecule has 3 heterocycles. The highest BCUT2D eigenvalue weighted by molar-refractivity contribution is 5.70. The average Bonchev–Trinajstić information content (AvgIpc) is 2.90. The van der Waals surface area contributed by atoms with Crippen LogP contribution in [0.15, 0.2) is 24.3 Å². The third-order valence-corrected chi connectivity index (χ3v) is 4.17. The van der Waals surface area contributed by atoms with E-state index in [1.165, 1.54) is 22.5 Å². The summed E-state index contributed by atoms with van der Waals surface area (Å²) in [4.78, 5) is 11.7. The van der Waals surface area contributed by atoms with E-state index in [1.807, 2.05) is 6.92 Å². The lowest BCUT2D eigenvalue weighted by atomic mass is 10.1. The van der Waals surface area contributed by atoms with E-state index in [9.17, 15) is 0 Å². The summed E-state index contributed by atoms with van der Waals surface area (Å²) in [5, 5.41) is 3.44. The summed E-state index contributed by atoms with van der Waals surface area (Å²) in [5.41, 5.74) is 5.22. The average molecular weight is 266 g/mol. The number of nitrogens with one attached hydrogen (secondary N) is 1. The van der Waals surface area contributed by atoms with E-state index in [1.54, 1.807) is 0 Å². The van der Waals surface area contributed by atoms with E-state index in [4.69, 9.17) is 4.98 Å². The Kier molecular flexibility index (Phi) is 2.70. The van der Waals surface area contributed by atoms with Gasteiger partial charge in [-0.15, -0.1) is 0 Å². The molecule has 0 amide bonds. The van der Waals surface area contributed by atoms with Gasteiger partial charge in [-0.25, -0.2) is 9.97 Å². The van der Waals surface area contributed by atoms with Gasteiger partial charge in [0.05, 0.1) is 5.69 Å². The lowest BCUT2D eigenvalue weighted by Crippen LogP contribution is -2.29. The van der Waals surface area contributed by atoms with Crippen LogP contribution in [0.1, 0.15) is 22.6 Å². The van der Waals surface area contributed by atoms with Gasteiger partial charge in [-0.2, -0.15) is 0 Å². The van der Waals surface area contributed by atoms with E-state index in [-0.39, 0.29) is 0 Å². The molecule has 0 spiro atoms. The van der Waals surface area contributed by atoms with Gasteiger partial charge < -0.3 is 10.2 Å². The van der Waals surface area contributed by atoms with Crippen molar-refractivity contribution < 1.29 is 0 Å². The fraction of sp³-hybridized carbons (Fsp3) is 0.375. The Labute approximate surface area is 118 Å². The Balaban J connectivity index is 1.85. The maximum atomic E-state index is 4.74. The molecule has 0 fully saturated rings. The fourth-order valence-electron chi connectivity index (χ4n) is 3.23. The molecule has 4 heteroatoms. The van der Waals surface area contributed by atoms with Crippen LogP contribution in [0.25, 0.3) is 0 Å². The van der Waals surface area contributed by atoms with Crippen molar-refractivity contribution in [3.63, 3.8) is 0 Å². The van der Waals surface area contributed by atoms with Crippen LogP contribution in [0.4, 0.5) is 11.5 Å². The van der Waals surface area contributed by atoms with E-state index in [0.29, 0.717) is 0 Å². The molecule has 1 aromatic heterocycles. The lowest BCUT2D eigenvalue weighted by Gasteiger charge is -2.26. The molecular weight excluding hydrogens is 248 g/mol. The molecule has 4 rings (SSSR count). The van der Waals surface area contributed by atoms with Crippen LogP contribution in [0, 0.1) is 6.92 Å². The molecule has 0 aliphatic carbocycles. The summed E-state index contributed by atoms with van der Waals surface area (Å²) in [6.07, 6.45) is 2.10. The second-order valence-electron chi connectivity index (χ2n) is 5.48. The van der Waals surface area contributed by atoms with Crippen LogP contribution in [-0.4, -0.2) is 23.1 Å². The minimum absolute atomic E-state index is 0.879. The van der Waals surface area contributed by atoms with Gasteiger partial charge in [0.15, 0.2) is 0 Å². The summed E-state index contributed by atoms with van der Waals surface area (Å²) in [7, 11) is 0. The number of anilines is 2. The van der Waals surface area contributed by atoms with Crippen molar-refractivity contribution in [1.29, 1.82) is 0 Å². The molecule has 0 saturated carbocycles. The largest absolute Gasteiger partial charge is 0.325 e. The number of fused-ring (bicyclic) bond motifs is 2. The van der Waals surface area contributed by atoms with Crippen molar-refractivity contribution in [2.24, 2.45) is 0 Å². The van der Waals surface area contributed by atoms with Crippen LogP contribution in [0.3, 0.4) is 0 Å². The van der Waals surface area contributed by atoms with Crippen LogP contribution in [0.5, 0.6) is 0 Å². The van der Waals surface area contributed by atoms with Gasteiger partial charge in [-0.1, -0.05) is 18.2 Å². The first kappa shape index (κ1) is 11.9. The molecule has 0 bridgehead atoms. The molecule has 0 radical (unpaired) electrons. The van der Waals surface area contributed by atoms with Crippen LogP contribution < -0.4 is 10.2 Å². The first-order chi connectivity index (χ1) is 9.83. The fourth-order valence-corrected chi connectivity index (χ4v) is 3.23. The summed E-state index contributed by atoms with van der Waals surface area (Å²) in [6.45, 7) is 4.90. The summed E-state index contributed by atoms with van der Waals surface area (Å²) in [6, 6.07) is 8.64. The van der Waals surface area contributed by atoms with Gasteiger partial charge in [0.1, 0.15) is 11.6 Å². The number of aryl methyl sites for hydroxylation is 1. The second-order valence-corrected chi connectivity index (χ2v) is 5.48. The van der Waals surface area contributed by atoms with E-state index < -0.39 is 0 Å². The van der Waals surface area contributed by atoms with Crippen LogP contribution >= 0.6 is 0 Å². The molecule has 1 N–H and O–H groups in total. The number of para-hydroxylation sites is 1. The summed E-state index contributed by atoms with van der Waals surface area (Å²) < 4.78 is 0. The molecular formula is C16H18N4. The monoisotopic (exact) mass is 266 g/mol. The Hall–Kier alpha value is -1.94. The predicted molar refractivity (Wildman–Crippen MR) is 79.3 cm³/mol. The van der Waals surface area contributed by atoms with Gasteiger partial charge in [0.25, 0.3) is 0 Å².